The Labute approximate surface area is 316 Å². The second-order valence-corrected chi connectivity index (χ2v) is 15.1. The van der Waals surface area contributed by atoms with E-state index in [9.17, 15) is 9.90 Å². The smallest absolute Gasteiger partial charge is 0.219 e. The molecule has 51 heavy (non-hydrogen) atoms. The predicted octanol–water partition coefficient (Wildman–Crippen LogP) is 13.1. The normalized spacial score (nSPS) is 12.5. The summed E-state index contributed by atoms with van der Waals surface area (Å²) in [5, 5.41) is 14.5. The van der Waals surface area contributed by atoms with Crippen LogP contribution in [0, 0.1) is 23.8 Å². The van der Waals surface area contributed by atoms with Crippen LogP contribution in [-0.2, 0) is 30.3 Å². The first kappa shape index (κ1) is 39.8. The van der Waals surface area contributed by atoms with Crippen molar-refractivity contribution in [2.24, 2.45) is 10.8 Å². The molecule has 6 heteroatoms. The number of aromatic nitrogens is 1. The van der Waals surface area contributed by atoms with E-state index in [1.807, 2.05) is 79.0 Å². The number of allylic oxidation sites excluding steroid dienone is 2. The van der Waals surface area contributed by atoms with Crippen LogP contribution >= 0.6 is 0 Å². The number of carbonyl (C=O) groups is 1. The van der Waals surface area contributed by atoms with Crippen LogP contribution < -0.4 is 0 Å². The average Bonchev–Trinajstić information content (AvgIpc) is 3.72. The van der Waals surface area contributed by atoms with E-state index in [1.165, 1.54) is 17.0 Å². The van der Waals surface area contributed by atoms with Gasteiger partial charge in [0.2, 0.25) is 5.71 Å². The number of pyridine rings is 1. The van der Waals surface area contributed by atoms with Gasteiger partial charge in [0.25, 0.3) is 0 Å². The zero-order chi connectivity index (χ0) is 36.4. The third kappa shape index (κ3) is 8.08. The quantitative estimate of drug-likeness (QED) is 0.0890. The number of aryl methyl sites for hydroxylation is 1. The number of para-hydroxylation sites is 1. The summed E-state index contributed by atoms with van der Waals surface area (Å²) >= 11 is 0. The Kier molecular flexibility index (Phi) is 12.3. The molecule has 0 fully saturated rings. The topological polar surface area (TPSA) is 76.5 Å². The van der Waals surface area contributed by atoms with Crippen molar-refractivity contribution in [3.8, 4) is 22.4 Å². The van der Waals surface area contributed by atoms with E-state index in [1.54, 1.807) is 0 Å². The molecular formula is C45H52IrNO4-. The summed E-state index contributed by atoms with van der Waals surface area (Å²) in [7, 11) is 0. The summed E-state index contributed by atoms with van der Waals surface area (Å²) in [5.41, 5.74) is 6.05. The van der Waals surface area contributed by atoms with Gasteiger partial charge in [0, 0.05) is 59.0 Å². The minimum atomic E-state index is -0.337. The molecule has 0 bridgehead atoms. The number of hydrogen-bond donors (Lipinski definition) is 1. The van der Waals surface area contributed by atoms with Crippen molar-refractivity contribution in [1.29, 1.82) is 0 Å². The molecule has 0 saturated heterocycles. The average molecular weight is 863 g/mol. The zero-order valence-electron chi connectivity index (χ0n) is 31.8. The van der Waals surface area contributed by atoms with Gasteiger partial charge in [-0.2, -0.15) is 0 Å². The van der Waals surface area contributed by atoms with Crippen molar-refractivity contribution in [2.45, 2.75) is 100 Å². The zero-order valence-corrected chi connectivity index (χ0v) is 34.2. The van der Waals surface area contributed by atoms with E-state index in [0.29, 0.717) is 5.71 Å². The summed E-state index contributed by atoms with van der Waals surface area (Å²) in [5.74, 6) is 1.12. The van der Waals surface area contributed by atoms with Crippen LogP contribution in [0.15, 0.2) is 93.7 Å². The van der Waals surface area contributed by atoms with E-state index >= 15 is 0 Å². The number of carbonyl (C=O) groups excluding carboxylic acids is 1. The van der Waals surface area contributed by atoms with E-state index in [-0.39, 0.29) is 47.9 Å². The summed E-state index contributed by atoms with van der Waals surface area (Å²) in [6.45, 7) is 20.8. The van der Waals surface area contributed by atoms with E-state index in [2.05, 4.69) is 69.3 Å². The number of fused-ring (bicyclic) bond motifs is 3. The second-order valence-electron chi connectivity index (χ2n) is 15.1. The third-order valence-corrected chi connectivity index (χ3v) is 10.9. The van der Waals surface area contributed by atoms with Crippen molar-refractivity contribution in [1.82, 2.24) is 4.98 Å². The number of aliphatic hydroxyl groups is 1. The second kappa shape index (κ2) is 15.7. The maximum Gasteiger partial charge on any atom is 0.219 e. The minimum Gasteiger partial charge on any atom is -0.512 e. The van der Waals surface area contributed by atoms with Gasteiger partial charge >= 0.3 is 0 Å². The summed E-state index contributed by atoms with van der Waals surface area (Å²) in [6, 6.07) is 26.6. The van der Waals surface area contributed by atoms with Crippen LogP contribution in [0.3, 0.4) is 0 Å². The monoisotopic (exact) mass is 863 g/mol. The maximum absolute atomic E-state index is 12.2. The summed E-state index contributed by atoms with van der Waals surface area (Å²) in [4.78, 5) is 17.1. The molecule has 1 radical (unpaired) electrons. The van der Waals surface area contributed by atoms with Crippen LogP contribution in [0.5, 0.6) is 0 Å². The van der Waals surface area contributed by atoms with Gasteiger partial charge in [-0.05, 0) is 55.7 Å². The third-order valence-electron chi connectivity index (χ3n) is 10.9. The van der Waals surface area contributed by atoms with Gasteiger partial charge in [0.05, 0.1) is 6.26 Å². The van der Waals surface area contributed by atoms with Crippen molar-refractivity contribution >= 4 is 38.6 Å². The number of rotatable bonds is 9. The van der Waals surface area contributed by atoms with Crippen molar-refractivity contribution in [3.63, 3.8) is 0 Å². The molecule has 0 saturated carbocycles. The molecule has 0 aliphatic rings. The Hall–Kier alpha value is -3.99. The van der Waals surface area contributed by atoms with Gasteiger partial charge in [-0.25, -0.2) is 0 Å². The first-order chi connectivity index (χ1) is 23.7. The molecule has 5 nitrogen and oxygen atoms in total. The van der Waals surface area contributed by atoms with Crippen LogP contribution in [0.25, 0.3) is 55.2 Å². The molecule has 0 atom stereocenters. The Balaban J connectivity index is 0.000000279. The van der Waals surface area contributed by atoms with Crippen LogP contribution in [0.1, 0.15) is 99.3 Å². The standard InChI is InChI=1S/C30H24NO2.C15H28O2.Ir/c1-18-13-24-23(25-17-32-28-12-8-7-11-22(25)28)16-27(31-29(24)33-18)20-14-19-9-5-6-10-21(19)26(15-20)30(2,3)4;1-7-14(5,8-2)12(16)11-13(17)15(6,9-3)10-4;/h5-13,15-17H,1-4H3;11,16H,7-10H2,1-6H3;/q-1;;/b;12-11-;. The number of ketones is 1. The van der Waals surface area contributed by atoms with E-state index in [0.717, 1.165) is 75.6 Å². The van der Waals surface area contributed by atoms with Gasteiger partial charge in [0.15, 0.2) is 5.78 Å². The van der Waals surface area contributed by atoms with Crippen molar-refractivity contribution in [3.05, 3.63) is 102 Å². The largest absolute Gasteiger partial charge is 0.512 e. The van der Waals surface area contributed by atoms with E-state index < -0.39 is 0 Å². The molecule has 3 heterocycles. The number of hydrogen-bond acceptors (Lipinski definition) is 5. The molecular weight excluding hydrogens is 811 g/mol. The predicted molar refractivity (Wildman–Crippen MR) is 208 cm³/mol. The van der Waals surface area contributed by atoms with E-state index in [4.69, 9.17) is 13.8 Å². The molecule has 271 valence electrons. The number of nitrogens with zero attached hydrogens (tertiary/aromatic N) is 1. The fourth-order valence-corrected chi connectivity index (χ4v) is 6.35. The molecule has 0 unspecified atom stereocenters. The first-order valence-corrected chi connectivity index (χ1v) is 18.0. The molecule has 3 aromatic carbocycles. The number of aliphatic hydroxyl groups excluding tert-OH is 1. The van der Waals surface area contributed by atoms with Gasteiger partial charge < -0.3 is 13.9 Å². The maximum atomic E-state index is 12.2. The van der Waals surface area contributed by atoms with Crippen molar-refractivity contribution in [2.75, 3.05) is 0 Å². The van der Waals surface area contributed by atoms with Gasteiger partial charge in [-0.1, -0.05) is 116 Å². The minimum absolute atomic E-state index is 0. The number of furan rings is 2. The first-order valence-electron chi connectivity index (χ1n) is 18.0. The fourth-order valence-electron chi connectivity index (χ4n) is 6.35. The van der Waals surface area contributed by atoms with Crippen molar-refractivity contribution < 1.29 is 38.8 Å². The molecule has 6 aromatic rings. The molecule has 0 amide bonds. The molecule has 3 aromatic heterocycles. The molecule has 1 N–H and O–H groups in total. The van der Waals surface area contributed by atoms with Gasteiger partial charge in [-0.15, -0.1) is 29.1 Å². The molecule has 0 aliphatic heterocycles. The molecule has 6 rings (SSSR count). The fraction of sp³-hybridized carbons (Fsp3) is 0.378. The Morgan fingerprint density at radius 3 is 2.04 bits per heavy atom. The Morgan fingerprint density at radius 1 is 0.804 bits per heavy atom. The summed E-state index contributed by atoms with van der Waals surface area (Å²) in [6.07, 6.45) is 6.58. The van der Waals surface area contributed by atoms with Crippen LogP contribution in [0.4, 0.5) is 0 Å². The Bertz CT molecular complexity index is 2170. The van der Waals surface area contributed by atoms with Crippen LogP contribution in [0.2, 0.25) is 0 Å². The van der Waals surface area contributed by atoms with Gasteiger partial charge in [-0.3, -0.25) is 9.78 Å². The number of benzene rings is 3. The molecule has 0 aliphatic carbocycles. The Morgan fingerprint density at radius 2 is 1.41 bits per heavy atom. The molecule has 0 spiro atoms. The van der Waals surface area contributed by atoms with Crippen LogP contribution in [-0.4, -0.2) is 15.9 Å². The SMILES string of the molecule is CCC(C)(CC)C(=O)/C=C(\O)C(C)(CC)CC.Cc1cc2c(-c3coc4ccccc34)cc(-c3[c-]c4ccccc4c(C(C)(C)C)c3)nc2o1.[Ir]. The summed E-state index contributed by atoms with van der Waals surface area (Å²) < 4.78 is 11.9. The van der Waals surface area contributed by atoms with Gasteiger partial charge in [0.1, 0.15) is 17.1 Å².